The fourth-order valence-electron chi connectivity index (χ4n) is 3.65. The Morgan fingerprint density at radius 2 is 1.90 bits per heavy atom. The number of hydrogen-bond donors (Lipinski definition) is 1. The number of amides is 1. The minimum absolute atomic E-state index is 0.0403. The Morgan fingerprint density at radius 3 is 2.58 bits per heavy atom. The molecule has 14 heteroatoms. The first-order chi connectivity index (χ1) is 19.1. The van der Waals surface area contributed by atoms with Gasteiger partial charge in [-0.2, -0.15) is 13.2 Å². The van der Waals surface area contributed by atoms with E-state index in [1.54, 1.807) is 34.2 Å². The van der Waals surface area contributed by atoms with Gasteiger partial charge >= 0.3 is 12.1 Å². The molecule has 40 heavy (non-hydrogen) atoms. The molecular formula is C26H22ClF3N4O4S2. The molecule has 0 aliphatic heterocycles. The van der Waals surface area contributed by atoms with Gasteiger partial charge in [-0.05, 0) is 42.8 Å². The van der Waals surface area contributed by atoms with Gasteiger partial charge in [0.2, 0.25) is 5.91 Å². The number of nitrogens with zero attached hydrogens (tertiary/aromatic N) is 3. The molecule has 0 saturated carbocycles. The van der Waals surface area contributed by atoms with Crippen molar-refractivity contribution in [2.45, 2.75) is 31.4 Å². The number of alkyl halides is 3. The van der Waals surface area contributed by atoms with Crippen LogP contribution in [0.4, 0.5) is 18.2 Å². The van der Waals surface area contributed by atoms with Gasteiger partial charge in [0.1, 0.15) is 22.9 Å². The molecule has 0 aliphatic carbocycles. The molecule has 2 heterocycles. The number of benzene rings is 2. The Morgan fingerprint density at radius 1 is 1.15 bits per heavy atom. The zero-order valence-corrected chi connectivity index (χ0v) is 23.5. The Bertz CT molecular complexity index is 1510. The van der Waals surface area contributed by atoms with E-state index in [4.69, 9.17) is 21.1 Å². The van der Waals surface area contributed by atoms with Crippen molar-refractivity contribution in [1.82, 2.24) is 14.8 Å². The van der Waals surface area contributed by atoms with Crippen LogP contribution in [-0.2, 0) is 28.9 Å². The molecule has 0 bridgehead atoms. The number of thioether (sulfide) groups is 1. The first-order valence-corrected chi connectivity index (χ1v) is 14.0. The number of carbonyl (C=O) groups excluding carboxylic acids is 2. The van der Waals surface area contributed by atoms with Gasteiger partial charge in [-0.25, -0.2) is 4.79 Å². The number of rotatable bonds is 10. The van der Waals surface area contributed by atoms with Crippen LogP contribution in [0.25, 0.3) is 11.1 Å². The van der Waals surface area contributed by atoms with Gasteiger partial charge in [-0.3, -0.25) is 4.79 Å². The topological polar surface area (TPSA) is 95.3 Å². The first-order valence-electron chi connectivity index (χ1n) is 11.7. The van der Waals surface area contributed by atoms with E-state index >= 15 is 0 Å². The number of anilines is 1. The van der Waals surface area contributed by atoms with E-state index < -0.39 is 17.7 Å². The minimum Gasteiger partial charge on any atom is -0.486 e. The molecule has 0 atom stereocenters. The van der Waals surface area contributed by atoms with Gasteiger partial charge < -0.3 is 19.4 Å². The summed E-state index contributed by atoms with van der Waals surface area (Å²) in [4.78, 5) is 25.3. The van der Waals surface area contributed by atoms with Crippen molar-refractivity contribution in [3.05, 3.63) is 75.9 Å². The number of hydrogen-bond acceptors (Lipinski definition) is 8. The lowest BCUT2D eigenvalue weighted by molar-refractivity contribution is -0.137. The van der Waals surface area contributed by atoms with Crippen LogP contribution < -0.4 is 10.1 Å². The summed E-state index contributed by atoms with van der Waals surface area (Å²) in [6.07, 6.45) is -4.48. The Labute approximate surface area is 240 Å². The predicted octanol–water partition coefficient (Wildman–Crippen LogP) is 6.80. The number of ether oxygens (including phenoxy) is 2. The van der Waals surface area contributed by atoms with Crippen molar-refractivity contribution in [3.8, 4) is 16.9 Å². The highest BCUT2D eigenvalue weighted by Gasteiger charge is 2.30. The van der Waals surface area contributed by atoms with Crippen molar-refractivity contribution < 1.29 is 32.2 Å². The second-order valence-electron chi connectivity index (χ2n) is 8.15. The number of carbonyl (C=O) groups is 2. The van der Waals surface area contributed by atoms with Gasteiger partial charge in [0, 0.05) is 22.5 Å². The van der Waals surface area contributed by atoms with Gasteiger partial charge in [0.05, 0.1) is 18.4 Å². The summed E-state index contributed by atoms with van der Waals surface area (Å²) in [7, 11) is 1.26. The zero-order valence-electron chi connectivity index (χ0n) is 21.1. The minimum atomic E-state index is -4.48. The normalized spacial score (nSPS) is 11.3. The van der Waals surface area contributed by atoms with E-state index in [1.807, 2.05) is 6.92 Å². The highest BCUT2D eigenvalue weighted by molar-refractivity contribution is 7.99. The third-order valence-corrected chi connectivity index (χ3v) is 7.67. The third kappa shape index (κ3) is 6.95. The molecule has 0 unspecified atom stereocenters. The van der Waals surface area contributed by atoms with Gasteiger partial charge in [0.25, 0.3) is 0 Å². The molecule has 1 amide bonds. The van der Waals surface area contributed by atoms with E-state index in [2.05, 4.69) is 15.5 Å². The number of halogens is 4. The number of methoxy groups -OCH3 is 1. The molecule has 210 valence electrons. The molecule has 8 nitrogen and oxygen atoms in total. The van der Waals surface area contributed by atoms with Crippen LogP contribution in [0.3, 0.4) is 0 Å². The molecule has 4 rings (SSSR count). The predicted molar refractivity (Wildman–Crippen MR) is 147 cm³/mol. The fraction of sp³-hybridized carbons (Fsp3) is 0.231. The summed E-state index contributed by atoms with van der Waals surface area (Å²) in [6, 6.07) is 11.5. The molecular weight excluding hydrogens is 589 g/mol. The van der Waals surface area contributed by atoms with Crippen molar-refractivity contribution in [2.75, 3.05) is 18.2 Å². The summed E-state index contributed by atoms with van der Waals surface area (Å²) in [5.74, 6) is -0.579. The Kier molecular flexibility index (Phi) is 9.38. The summed E-state index contributed by atoms with van der Waals surface area (Å²) >= 11 is 8.28. The van der Waals surface area contributed by atoms with Crippen molar-refractivity contribution in [3.63, 3.8) is 0 Å². The second-order valence-corrected chi connectivity index (χ2v) is 10.4. The average Bonchev–Trinajstić information content (AvgIpc) is 3.54. The van der Waals surface area contributed by atoms with E-state index in [9.17, 15) is 22.8 Å². The van der Waals surface area contributed by atoms with E-state index in [1.165, 1.54) is 30.6 Å². The summed E-state index contributed by atoms with van der Waals surface area (Å²) < 4.78 is 51.1. The molecule has 2 aromatic heterocycles. The highest BCUT2D eigenvalue weighted by atomic mass is 35.5. The SMILES string of the molecule is CCn1c(COc2cccc(C(F)(F)F)c2)nnc1SCC(=O)Nc1scc(-c2ccc(Cl)cc2)c1C(=O)OC. The van der Waals surface area contributed by atoms with E-state index in [-0.39, 0.29) is 29.6 Å². The standard InChI is InChI=1S/C26H22ClF3N4O4S2/c1-3-34-20(12-38-18-6-4-5-16(11-18)26(28,29)30)32-33-25(34)40-14-21(35)31-23-22(24(36)37-2)19(13-39-23)15-7-9-17(27)10-8-15/h4-11,13H,3,12,14H2,1-2H3,(H,31,35). The quantitative estimate of drug-likeness (QED) is 0.156. The molecule has 4 aromatic rings. The van der Waals surface area contributed by atoms with Gasteiger partial charge in [0.15, 0.2) is 11.0 Å². The zero-order chi connectivity index (χ0) is 28.9. The van der Waals surface area contributed by atoms with Gasteiger partial charge in [-0.1, -0.05) is 41.6 Å². The summed E-state index contributed by atoms with van der Waals surface area (Å²) in [5.41, 5.74) is 0.768. The molecule has 0 spiro atoms. The number of aromatic nitrogens is 3. The second kappa shape index (κ2) is 12.7. The smallest absolute Gasteiger partial charge is 0.416 e. The van der Waals surface area contributed by atoms with Crippen LogP contribution in [0.5, 0.6) is 5.75 Å². The fourth-order valence-corrected chi connectivity index (χ4v) is 5.57. The molecule has 1 N–H and O–H groups in total. The number of thiophene rings is 1. The van der Waals surface area contributed by atoms with Crippen molar-refractivity contribution in [1.29, 1.82) is 0 Å². The average molecular weight is 611 g/mol. The van der Waals surface area contributed by atoms with Crippen LogP contribution in [0.15, 0.2) is 59.1 Å². The lowest BCUT2D eigenvalue weighted by atomic mass is 10.0. The molecule has 0 saturated heterocycles. The largest absolute Gasteiger partial charge is 0.486 e. The van der Waals surface area contributed by atoms with Crippen molar-refractivity contribution >= 4 is 51.6 Å². The highest BCUT2D eigenvalue weighted by Crippen LogP contribution is 2.37. The maximum Gasteiger partial charge on any atom is 0.416 e. The number of esters is 1. The third-order valence-electron chi connectivity index (χ3n) is 5.56. The summed E-state index contributed by atoms with van der Waals surface area (Å²) in [5, 5.41) is 14.0. The van der Waals surface area contributed by atoms with Crippen LogP contribution >= 0.6 is 34.7 Å². The molecule has 0 aliphatic rings. The lowest BCUT2D eigenvalue weighted by Gasteiger charge is -2.11. The monoisotopic (exact) mass is 610 g/mol. The van der Waals surface area contributed by atoms with Crippen LogP contribution in [-0.4, -0.2) is 39.5 Å². The molecule has 0 fully saturated rings. The Balaban J connectivity index is 1.42. The van der Waals surface area contributed by atoms with E-state index in [0.717, 1.165) is 29.5 Å². The number of nitrogens with one attached hydrogen (secondary N) is 1. The molecule has 0 radical (unpaired) electrons. The first kappa shape index (κ1) is 29.4. The molecule has 2 aromatic carbocycles. The van der Waals surface area contributed by atoms with Crippen molar-refractivity contribution in [2.24, 2.45) is 0 Å². The van der Waals surface area contributed by atoms with Crippen LogP contribution in [0, 0.1) is 0 Å². The van der Waals surface area contributed by atoms with E-state index in [0.29, 0.717) is 33.1 Å². The Hall–Kier alpha value is -3.55. The summed E-state index contributed by atoms with van der Waals surface area (Å²) in [6.45, 7) is 2.17. The van der Waals surface area contributed by atoms with Crippen LogP contribution in [0.2, 0.25) is 5.02 Å². The maximum atomic E-state index is 13.0. The van der Waals surface area contributed by atoms with Crippen LogP contribution in [0.1, 0.15) is 28.7 Å². The van der Waals surface area contributed by atoms with Gasteiger partial charge in [-0.15, -0.1) is 21.5 Å². The maximum absolute atomic E-state index is 13.0. The lowest BCUT2D eigenvalue weighted by Crippen LogP contribution is -2.16.